The Morgan fingerprint density at radius 2 is 1.81 bits per heavy atom. The van der Waals surface area contributed by atoms with Crippen LogP contribution in [0.3, 0.4) is 0 Å². The molecule has 0 aliphatic carbocycles. The van der Waals surface area contributed by atoms with E-state index in [2.05, 4.69) is 9.97 Å². The zero-order valence-corrected chi connectivity index (χ0v) is 16.3. The maximum absolute atomic E-state index is 13.1. The third-order valence-electron chi connectivity index (χ3n) is 4.61. The van der Waals surface area contributed by atoms with Crippen molar-refractivity contribution in [2.75, 3.05) is 0 Å². The van der Waals surface area contributed by atoms with Gasteiger partial charge in [0, 0.05) is 12.4 Å². The average molecular weight is 419 g/mol. The number of benzene rings is 2. The summed E-state index contributed by atoms with van der Waals surface area (Å²) in [5.41, 5.74) is 1.37. The van der Waals surface area contributed by atoms with E-state index >= 15 is 0 Å². The van der Waals surface area contributed by atoms with E-state index in [4.69, 9.17) is 4.74 Å². The highest BCUT2D eigenvalue weighted by molar-refractivity contribution is 5.88. The van der Waals surface area contributed by atoms with Gasteiger partial charge in [-0.2, -0.15) is 0 Å². The molecule has 2 N–H and O–H groups in total. The number of halogens is 1. The van der Waals surface area contributed by atoms with E-state index in [0.29, 0.717) is 0 Å². The Labute approximate surface area is 176 Å². The molecule has 0 aliphatic rings. The number of ether oxygens (including phenoxy) is 1. The summed E-state index contributed by atoms with van der Waals surface area (Å²) in [7, 11) is 0. The summed E-state index contributed by atoms with van der Waals surface area (Å²) in [5.74, 6) is -1.83. The van der Waals surface area contributed by atoms with Gasteiger partial charge in [0.05, 0.1) is 6.54 Å². The van der Waals surface area contributed by atoms with Gasteiger partial charge in [0.2, 0.25) is 5.75 Å². The number of nitrogens with one attached hydrogen (secondary N) is 1. The molecule has 31 heavy (non-hydrogen) atoms. The van der Waals surface area contributed by atoms with Crippen LogP contribution in [0.15, 0.2) is 77.9 Å². The maximum Gasteiger partial charge on any atom is 0.358 e. The molecule has 7 nitrogen and oxygen atoms in total. The Bertz CT molecular complexity index is 1260. The fraction of sp³-hybridized carbons (Fsp3) is 0.0870. The molecule has 4 aromatic rings. The first-order valence-electron chi connectivity index (χ1n) is 9.44. The molecule has 0 saturated carbocycles. The Morgan fingerprint density at radius 1 is 1.06 bits per heavy atom. The van der Waals surface area contributed by atoms with E-state index in [0.717, 1.165) is 16.7 Å². The van der Waals surface area contributed by atoms with Crippen molar-refractivity contribution >= 4 is 5.97 Å². The SMILES string of the molecule is O=C(O)c1nc(Cn2ccc(-c3ccc(F)cc3)c2)[nH]c(=O)c1OCc1ccccc1. The lowest BCUT2D eigenvalue weighted by atomic mass is 10.1. The highest BCUT2D eigenvalue weighted by Crippen LogP contribution is 2.20. The van der Waals surface area contributed by atoms with Crippen molar-refractivity contribution in [3.05, 3.63) is 106 Å². The van der Waals surface area contributed by atoms with Gasteiger partial charge in [-0.25, -0.2) is 14.2 Å². The number of hydrogen-bond acceptors (Lipinski definition) is 4. The second kappa shape index (κ2) is 8.66. The van der Waals surface area contributed by atoms with Gasteiger partial charge >= 0.3 is 5.97 Å². The molecule has 0 bridgehead atoms. The molecular formula is C23H18FN3O4. The van der Waals surface area contributed by atoms with Crippen molar-refractivity contribution in [3.63, 3.8) is 0 Å². The van der Waals surface area contributed by atoms with Crippen molar-refractivity contribution in [3.8, 4) is 16.9 Å². The van der Waals surface area contributed by atoms with Gasteiger partial charge in [-0.15, -0.1) is 0 Å². The van der Waals surface area contributed by atoms with Gasteiger partial charge in [-0.05, 0) is 34.9 Å². The first-order valence-corrected chi connectivity index (χ1v) is 9.44. The summed E-state index contributed by atoms with van der Waals surface area (Å²) >= 11 is 0. The molecule has 0 aliphatic heterocycles. The molecule has 0 saturated heterocycles. The number of carboxylic acids is 1. The molecule has 0 amide bonds. The number of carboxylic acid groups (broad SMARTS) is 1. The molecule has 2 aromatic heterocycles. The summed E-state index contributed by atoms with van der Waals surface area (Å²) in [4.78, 5) is 30.9. The van der Waals surface area contributed by atoms with E-state index in [9.17, 15) is 19.1 Å². The Balaban J connectivity index is 1.56. The predicted octanol–water partition coefficient (Wildman–Crippen LogP) is 3.70. The lowest BCUT2D eigenvalue weighted by Gasteiger charge is -2.10. The van der Waals surface area contributed by atoms with Crippen molar-refractivity contribution in [2.45, 2.75) is 13.2 Å². The van der Waals surface area contributed by atoms with E-state index in [1.54, 1.807) is 41.2 Å². The van der Waals surface area contributed by atoms with Gasteiger partial charge in [0.15, 0.2) is 5.69 Å². The smallest absolute Gasteiger partial charge is 0.358 e. The lowest BCUT2D eigenvalue weighted by Crippen LogP contribution is -2.21. The zero-order valence-electron chi connectivity index (χ0n) is 16.3. The molecule has 2 heterocycles. The highest BCUT2D eigenvalue weighted by Gasteiger charge is 2.19. The van der Waals surface area contributed by atoms with E-state index in [1.165, 1.54) is 12.1 Å². The first kappa shape index (κ1) is 20.1. The van der Waals surface area contributed by atoms with Crippen molar-refractivity contribution < 1.29 is 19.0 Å². The number of aromatic nitrogens is 3. The molecule has 8 heteroatoms. The number of hydrogen-bond donors (Lipinski definition) is 2. The van der Waals surface area contributed by atoms with Crippen LogP contribution in [0.1, 0.15) is 21.9 Å². The average Bonchev–Trinajstić information content (AvgIpc) is 3.22. The Kier molecular flexibility index (Phi) is 5.61. The van der Waals surface area contributed by atoms with Gasteiger partial charge in [-0.3, -0.25) is 4.79 Å². The Hall–Kier alpha value is -4.20. The van der Waals surface area contributed by atoms with Crippen LogP contribution in [-0.2, 0) is 13.2 Å². The van der Waals surface area contributed by atoms with Crippen LogP contribution in [0, 0.1) is 5.82 Å². The molecule has 0 radical (unpaired) electrons. The summed E-state index contributed by atoms with van der Waals surface area (Å²) < 4.78 is 20.3. The molecule has 156 valence electrons. The van der Waals surface area contributed by atoms with Crippen molar-refractivity contribution in [1.29, 1.82) is 0 Å². The van der Waals surface area contributed by atoms with Gasteiger partial charge in [0.25, 0.3) is 5.56 Å². The van der Waals surface area contributed by atoms with Crippen molar-refractivity contribution in [1.82, 2.24) is 14.5 Å². The zero-order chi connectivity index (χ0) is 21.8. The molecule has 0 spiro atoms. The molecule has 4 rings (SSSR count). The van der Waals surface area contributed by atoms with Crippen LogP contribution in [0.4, 0.5) is 4.39 Å². The molecular weight excluding hydrogens is 401 g/mol. The fourth-order valence-electron chi connectivity index (χ4n) is 3.12. The van der Waals surface area contributed by atoms with Crippen LogP contribution in [0.5, 0.6) is 5.75 Å². The highest BCUT2D eigenvalue weighted by atomic mass is 19.1. The van der Waals surface area contributed by atoms with Gasteiger partial charge in [-0.1, -0.05) is 42.5 Å². The normalized spacial score (nSPS) is 10.7. The monoisotopic (exact) mass is 419 g/mol. The lowest BCUT2D eigenvalue weighted by molar-refractivity contribution is 0.0683. The summed E-state index contributed by atoms with van der Waals surface area (Å²) in [6.07, 6.45) is 3.56. The van der Waals surface area contributed by atoms with E-state index < -0.39 is 17.2 Å². The topological polar surface area (TPSA) is 97.2 Å². The quantitative estimate of drug-likeness (QED) is 0.476. The third kappa shape index (κ3) is 4.69. The number of nitrogens with zero attached hydrogens (tertiary/aromatic N) is 2. The van der Waals surface area contributed by atoms with Crippen molar-refractivity contribution in [2.24, 2.45) is 0 Å². The van der Waals surface area contributed by atoms with Crippen LogP contribution < -0.4 is 10.3 Å². The van der Waals surface area contributed by atoms with E-state index in [1.807, 2.05) is 24.3 Å². The largest absolute Gasteiger partial charge is 0.481 e. The van der Waals surface area contributed by atoms with Crippen LogP contribution in [0.2, 0.25) is 0 Å². The molecule has 0 atom stereocenters. The standard InChI is InChI=1S/C23H18FN3O4/c24-18-8-6-16(7-9-18)17-10-11-27(12-17)13-19-25-20(23(29)30)21(22(28)26-19)31-14-15-4-2-1-3-5-15/h1-12H,13-14H2,(H,29,30)(H,25,26,28). The number of aromatic amines is 1. The minimum absolute atomic E-state index is 0.0455. The van der Waals surface area contributed by atoms with Gasteiger partial charge in [0.1, 0.15) is 18.2 Å². The first-order chi connectivity index (χ1) is 15.0. The summed E-state index contributed by atoms with van der Waals surface area (Å²) in [6, 6.07) is 17.0. The Morgan fingerprint density at radius 3 is 2.52 bits per heavy atom. The van der Waals surface area contributed by atoms with Crippen LogP contribution in [-0.4, -0.2) is 25.6 Å². The number of aromatic carboxylic acids is 1. The van der Waals surface area contributed by atoms with Gasteiger partial charge < -0.3 is 19.4 Å². The maximum atomic E-state index is 13.1. The van der Waals surface area contributed by atoms with Crippen LogP contribution >= 0.6 is 0 Å². The number of rotatable bonds is 7. The third-order valence-corrected chi connectivity index (χ3v) is 4.61. The number of carbonyl (C=O) groups is 1. The fourth-order valence-corrected chi connectivity index (χ4v) is 3.12. The summed E-state index contributed by atoms with van der Waals surface area (Å²) in [5, 5.41) is 9.52. The molecule has 0 unspecified atom stereocenters. The second-order valence-corrected chi connectivity index (χ2v) is 6.85. The van der Waals surface area contributed by atoms with Crippen LogP contribution in [0.25, 0.3) is 11.1 Å². The second-order valence-electron chi connectivity index (χ2n) is 6.85. The minimum Gasteiger partial charge on any atom is -0.481 e. The minimum atomic E-state index is -1.35. The predicted molar refractivity (Wildman–Crippen MR) is 112 cm³/mol. The summed E-state index contributed by atoms with van der Waals surface area (Å²) in [6.45, 7) is 0.194. The molecule has 2 aromatic carbocycles. The number of H-pyrrole nitrogens is 1. The molecule has 0 fully saturated rings. The van der Waals surface area contributed by atoms with E-state index in [-0.39, 0.29) is 30.5 Å².